The molecule has 0 saturated heterocycles. The zero-order chi connectivity index (χ0) is 19.4. The van der Waals surface area contributed by atoms with Crippen LogP contribution in [0.1, 0.15) is 28.6 Å². The number of hydrogen-bond donors (Lipinski definition) is 2. The van der Waals surface area contributed by atoms with Crippen LogP contribution in [0, 0.1) is 19.7 Å². The van der Waals surface area contributed by atoms with Crippen LogP contribution in [0.4, 0.5) is 4.39 Å². The van der Waals surface area contributed by atoms with Crippen LogP contribution in [0.5, 0.6) is 0 Å². The van der Waals surface area contributed by atoms with Crippen LogP contribution >= 0.6 is 0 Å². The van der Waals surface area contributed by atoms with Crippen molar-refractivity contribution in [2.75, 3.05) is 20.6 Å². The van der Waals surface area contributed by atoms with Gasteiger partial charge in [0.15, 0.2) is 6.04 Å². The van der Waals surface area contributed by atoms with E-state index in [1.54, 1.807) is 12.1 Å². The van der Waals surface area contributed by atoms with E-state index < -0.39 is 0 Å². The summed E-state index contributed by atoms with van der Waals surface area (Å²) in [6.45, 7) is 6.02. The van der Waals surface area contributed by atoms with Crippen LogP contribution in [0.2, 0.25) is 0 Å². The molecule has 1 atom stereocenters. The van der Waals surface area contributed by atoms with Gasteiger partial charge in [-0.15, -0.1) is 0 Å². The minimum atomic E-state index is -0.230. The van der Waals surface area contributed by atoms with Crippen molar-refractivity contribution < 1.29 is 14.6 Å². The lowest BCUT2D eigenvalue weighted by molar-refractivity contribution is -0.910. The maximum absolute atomic E-state index is 13.2. The van der Waals surface area contributed by atoms with Crippen molar-refractivity contribution in [3.8, 4) is 5.69 Å². The molecule has 27 heavy (non-hydrogen) atoms. The smallest absolute Gasteiger partial charge is 0.162 e. The summed E-state index contributed by atoms with van der Waals surface area (Å²) in [5.74, 6) is -0.230. The van der Waals surface area contributed by atoms with Crippen LogP contribution < -0.4 is 10.2 Å². The number of rotatable bonds is 7. The Labute approximate surface area is 160 Å². The molecule has 0 aliphatic heterocycles. The molecule has 0 unspecified atom stereocenters. The highest BCUT2D eigenvalue weighted by molar-refractivity contribution is 5.36. The van der Waals surface area contributed by atoms with Gasteiger partial charge in [-0.3, -0.25) is 0 Å². The summed E-state index contributed by atoms with van der Waals surface area (Å²) in [6.07, 6.45) is 0. The third-order valence-corrected chi connectivity index (χ3v) is 5.16. The molecule has 2 aromatic carbocycles. The summed E-state index contributed by atoms with van der Waals surface area (Å²) in [5, 5.41) is 7.03. The van der Waals surface area contributed by atoms with E-state index in [0.717, 1.165) is 30.2 Å². The van der Waals surface area contributed by atoms with E-state index in [1.807, 2.05) is 11.6 Å². The van der Waals surface area contributed by atoms with E-state index in [0.29, 0.717) is 6.04 Å². The van der Waals surface area contributed by atoms with Gasteiger partial charge in [-0.1, -0.05) is 30.3 Å². The summed E-state index contributed by atoms with van der Waals surface area (Å²) in [4.78, 5) is 1.42. The minimum absolute atomic E-state index is 0.230. The van der Waals surface area contributed by atoms with Crippen LogP contribution in [0.15, 0.2) is 54.6 Å². The fourth-order valence-electron chi connectivity index (χ4n) is 3.59. The van der Waals surface area contributed by atoms with Gasteiger partial charge in [-0.2, -0.15) is 5.10 Å². The second-order valence-corrected chi connectivity index (χ2v) is 7.31. The Hall–Kier alpha value is -2.50. The third kappa shape index (κ3) is 4.43. The fourth-order valence-corrected chi connectivity index (χ4v) is 3.59. The normalized spacial score (nSPS) is 12.5. The molecule has 1 aromatic heterocycles. The van der Waals surface area contributed by atoms with Crippen LogP contribution in [0.25, 0.3) is 5.69 Å². The summed E-state index contributed by atoms with van der Waals surface area (Å²) < 4.78 is 15.1. The first-order valence-electron chi connectivity index (χ1n) is 9.45. The van der Waals surface area contributed by atoms with Crippen molar-refractivity contribution in [2.45, 2.75) is 26.4 Å². The van der Waals surface area contributed by atoms with Crippen molar-refractivity contribution in [3.63, 3.8) is 0 Å². The molecule has 0 aliphatic rings. The first-order valence-corrected chi connectivity index (χ1v) is 9.45. The van der Waals surface area contributed by atoms with E-state index in [-0.39, 0.29) is 5.82 Å². The molecule has 0 radical (unpaired) electrons. The lowest BCUT2D eigenvalue weighted by Gasteiger charge is -2.20. The molecule has 3 N–H and O–H groups in total. The van der Waals surface area contributed by atoms with E-state index in [9.17, 15) is 4.39 Å². The third-order valence-electron chi connectivity index (χ3n) is 5.16. The van der Waals surface area contributed by atoms with E-state index in [1.165, 1.54) is 28.2 Å². The molecule has 3 aromatic rings. The quantitative estimate of drug-likeness (QED) is 0.653. The number of hydrogen-bond acceptors (Lipinski definition) is 1. The van der Waals surface area contributed by atoms with Gasteiger partial charge >= 0.3 is 0 Å². The highest BCUT2D eigenvalue weighted by atomic mass is 19.1. The molecule has 142 valence electrons. The summed E-state index contributed by atoms with van der Waals surface area (Å²) in [6, 6.07) is 17.6. The fraction of sp³-hybridized carbons (Fsp3) is 0.318. The Morgan fingerprint density at radius 1 is 1.04 bits per heavy atom. The van der Waals surface area contributed by atoms with Gasteiger partial charge in [-0.25, -0.2) is 9.07 Å². The standard InChI is InChI=1S/C22H27FN4/c1-16-21(17(2)27(25-16)20-12-10-19(23)11-13-20)14-24-15-22(26(3)4)18-8-6-5-7-9-18/h5-13,22,24H,14-15H2,1-4H3/p+2/t22-/m1/s1. The van der Waals surface area contributed by atoms with Crippen LogP contribution in [-0.2, 0) is 6.54 Å². The van der Waals surface area contributed by atoms with Crippen LogP contribution in [-0.4, -0.2) is 30.4 Å². The van der Waals surface area contributed by atoms with Gasteiger partial charge in [0.1, 0.15) is 18.9 Å². The predicted molar refractivity (Wildman–Crippen MR) is 105 cm³/mol. The average molecular weight is 369 g/mol. The molecule has 4 nitrogen and oxygen atoms in total. The molecule has 0 spiro atoms. The number of nitrogens with one attached hydrogen (secondary N) is 1. The number of aromatic nitrogens is 2. The monoisotopic (exact) mass is 368 g/mol. The molecule has 0 amide bonds. The highest BCUT2D eigenvalue weighted by Crippen LogP contribution is 2.17. The highest BCUT2D eigenvalue weighted by Gasteiger charge is 2.21. The molecule has 3 rings (SSSR count). The first kappa shape index (κ1) is 19.3. The Kier molecular flexibility index (Phi) is 6.04. The first-order chi connectivity index (χ1) is 13.0. The van der Waals surface area contributed by atoms with Gasteiger partial charge in [0.05, 0.1) is 36.7 Å². The Morgan fingerprint density at radius 3 is 2.33 bits per heavy atom. The molecule has 0 bridgehead atoms. The summed E-state index contributed by atoms with van der Waals surface area (Å²) in [5.41, 5.74) is 5.65. The summed E-state index contributed by atoms with van der Waals surface area (Å²) >= 11 is 0. The van der Waals surface area contributed by atoms with Gasteiger partial charge < -0.3 is 10.2 Å². The van der Waals surface area contributed by atoms with Crippen molar-refractivity contribution in [2.24, 2.45) is 0 Å². The Morgan fingerprint density at radius 2 is 1.70 bits per heavy atom. The van der Waals surface area contributed by atoms with Crippen molar-refractivity contribution in [1.29, 1.82) is 0 Å². The number of halogens is 1. The van der Waals surface area contributed by atoms with Crippen molar-refractivity contribution >= 4 is 0 Å². The van der Waals surface area contributed by atoms with Crippen LogP contribution in [0.3, 0.4) is 0 Å². The molecule has 5 heteroatoms. The molecule has 1 heterocycles. The summed E-state index contributed by atoms with van der Waals surface area (Å²) in [7, 11) is 4.41. The largest absolute Gasteiger partial charge is 0.337 e. The lowest BCUT2D eigenvalue weighted by atomic mass is 10.1. The number of nitrogens with zero attached hydrogens (tertiary/aromatic N) is 2. The molecule has 0 aliphatic carbocycles. The maximum Gasteiger partial charge on any atom is 0.162 e. The Balaban J connectivity index is 1.72. The van der Waals surface area contributed by atoms with E-state index in [4.69, 9.17) is 0 Å². The zero-order valence-corrected chi connectivity index (χ0v) is 16.5. The second-order valence-electron chi connectivity index (χ2n) is 7.31. The number of likely N-dealkylation sites (N-methyl/N-ethyl adjacent to an activating group) is 1. The lowest BCUT2D eigenvalue weighted by Crippen LogP contribution is -3.09. The topological polar surface area (TPSA) is 38.9 Å². The number of nitrogens with two attached hydrogens (primary N) is 1. The second kappa shape index (κ2) is 8.46. The molecule has 0 saturated carbocycles. The van der Waals surface area contributed by atoms with Gasteiger partial charge in [-0.05, 0) is 38.1 Å². The van der Waals surface area contributed by atoms with Crippen molar-refractivity contribution in [3.05, 3.63) is 82.9 Å². The van der Waals surface area contributed by atoms with Gasteiger partial charge in [0.25, 0.3) is 0 Å². The number of quaternary nitrogens is 2. The Bertz CT molecular complexity index is 869. The SMILES string of the molecule is Cc1nn(-c2ccc(F)cc2)c(C)c1C[NH2+]C[C@H](c1ccccc1)[NH+](C)C. The van der Waals surface area contributed by atoms with E-state index >= 15 is 0 Å². The molecule has 0 fully saturated rings. The molecular formula is C22H29FN4+2. The maximum atomic E-state index is 13.2. The average Bonchev–Trinajstić information content (AvgIpc) is 2.94. The minimum Gasteiger partial charge on any atom is -0.337 e. The number of aryl methyl sites for hydroxylation is 1. The number of benzene rings is 2. The molecular weight excluding hydrogens is 339 g/mol. The predicted octanol–water partition coefficient (Wildman–Crippen LogP) is 1.58. The zero-order valence-electron chi connectivity index (χ0n) is 16.5. The van der Waals surface area contributed by atoms with E-state index in [2.05, 4.69) is 61.8 Å². The van der Waals surface area contributed by atoms with Crippen molar-refractivity contribution in [1.82, 2.24) is 9.78 Å². The van der Waals surface area contributed by atoms with Gasteiger partial charge in [0.2, 0.25) is 0 Å². The van der Waals surface area contributed by atoms with Gasteiger partial charge in [0, 0.05) is 5.56 Å².